The molecule has 18 heavy (non-hydrogen) atoms. The number of carbonyl (C=O) groups is 1. The predicted molar refractivity (Wildman–Crippen MR) is 73.5 cm³/mol. The highest BCUT2D eigenvalue weighted by Gasteiger charge is 2.40. The van der Waals surface area contributed by atoms with E-state index < -0.39 is 11.5 Å². The number of rotatable bonds is 6. The van der Waals surface area contributed by atoms with Crippen LogP contribution in [-0.4, -0.2) is 40.6 Å². The highest BCUT2D eigenvalue weighted by Crippen LogP contribution is 2.30. The Balaban J connectivity index is 2.66. The van der Waals surface area contributed by atoms with Crippen molar-refractivity contribution in [3.8, 4) is 0 Å². The highest BCUT2D eigenvalue weighted by molar-refractivity contribution is 5.78. The second kappa shape index (κ2) is 6.53. The summed E-state index contributed by atoms with van der Waals surface area (Å²) in [5.41, 5.74) is 5.01. The van der Waals surface area contributed by atoms with E-state index in [0.717, 1.165) is 32.4 Å². The Hall–Kier alpha value is -0.610. The van der Waals surface area contributed by atoms with Gasteiger partial charge >= 0.3 is 5.97 Å². The number of carboxylic acid groups (broad SMARTS) is 1. The maximum Gasteiger partial charge on any atom is 0.323 e. The van der Waals surface area contributed by atoms with E-state index in [9.17, 15) is 9.90 Å². The average molecular weight is 256 g/mol. The van der Waals surface area contributed by atoms with Crippen molar-refractivity contribution in [1.82, 2.24) is 4.90 Å². The van der Waals surface area contributed by atoms with Crippen LogP contribution in [0.2, 0.25) is 0 Å². The molecular weight excluding hydrogens is 228 g/mol. The average Bonchev–Trinajstić information content (AvgIpc) is 2.35. The Morgan fingerprint density at radius 1 is 1.56 bits per heavy atom. The molecule has 0 aromatic carbocycles. The molecule has 0 aromatic heterocycles. The van der Waals surface area contributed by atoms with E-state index in [1.165, 1.54) is 0 Å². The van der Waals surface area contributed by atoms with Crippen LogP contribution in [0.15, 0.2) is 0 Å². The molecule has 1 fully saturated rings. The summed E-state index contributed by atoms with van der Waals surface area (Å²) < 4.78 is 0. The third kappa shape index (κ3) is 3.69. The summed E-state index contributed by atoms with van der Waals surface area (Å²) >= 11 is 0. The molecule has 0 heterocycles. The van der Waals surface area contributed by atoms with Crippen LogP contribution < -0.4 is 5.73 Å². The fourth-order valence-electron chi connectivity index (χ4n) is 2.85. The first-order chi connectivity index (χ1) is 8.42. The van der Waals surface area contributed by atoms with Crippen molar-refractivity contribution < 1.29 is 9.90 Å². The van der Waals surface area contributed by atoms with Gasteiger partial charge in [0, 0.05) is 12.6 Å². The molecule has 0 saturated heterocycles. The van der Waals surface area contributed by atoms with Gasteiger partial charge in [-0.3, -0.25) is 4.79 Å². The van der Waals surface area contributed by atoms with E-state index >= 15 is 0 Å². The second-order valence-electron chi connectivity index (χ2n) is 5.81. The molecular formula is C14H28N2O2. The van der Waals surface area contributed by atoms with E-state index in [1.807, 2.05) is 0 Å². The van der Waals surface area contributed by atoms with E-state index in [1.54, 1.807) is 0 Å². The van der Waals surface area contributed by atoms with Gasteiger partial charge in [-0.05, 0) is 38.1 Å². The lowest BCUT2D eigenvalue weighted by atomic mass is 9.79. The van der Waals surface area contributed by atoms with Crippen molar-refractivity contribution in [2.75, 3.05) is 13.1 Å². The first-order valence-electron chi connectivity index (χ1n) is 7.19. The summed E-state index contributed by atoms with van der Waals surface area (Å²) in [5.74, 6) is -0.185. The lowest BCUT2D eigenvalue weighted by Crippen LogP contribution is -2.56. The van der Waals surface area contributed by atoms with E-state index in [2.05, 4.69) is 25.7 Å². The summed E-state index contributed by atoms with van der Waals surface area (Å²) in [6, 6.07) is 0.332. The normalized spacial score (nSPS) is 30.4. The number of nitrogens with zero attached hydrogens (tertiary/aromatic N) is 1. The van der Waals surface area contributed by atoms with Gasteiger partial charge in [0.25, 0.3) is 0 Å². The van der Waals surface area contributed by atoms with Gasteiger partial charge in [0.05, 0.1) is 0 Å². The minimum atomic E-state index is -1.01. The van der Waals surface area contributed by atoms with Crippen molar-refractivity contribution in [3.63, 3.8) is 0 Å². The molecule has 4 nitrogen and oxygen atoms in total. The minimum absolute atomic E-state index is 0.332. The summed E-state index contributed by atoms with van der Waals surface area (Å²) in [6.45, 7) is 8.62. The summed E-state index contributed by atoms with van der Waals surface area (Å²) in [5, 5.41) is 9.25. The molecule has 0 bridgehead atoms. The molecule has 1 aliphatic rings. The minimum Gasteiger partial charge on any atom is -0.480 e. The monoisotopic (exact) mass is 256 g/mol. The quantitative estimate of drug-likeness (QED) is 0.763. The van der Waals surface area contributed by atoms with Crippen LogP contribution in [0.1, 0.15) is 52.9 Å². The Labute approximate surface area is 111 Å². The summed E-state index contributed by atoms with van der Waals surface area (Å²) in [7, 11) is 0. The first-order valence-corrected chi connectivity index (χ1v) is 7.19. The molecule has 0 spiro atoms. The van der Waals surface area contributed by atoms with Gasteiger partial charge in [-0.2, -0.15) is 0 Å². The fourth-order valence-corrected chi connectivity index (χ4v) is 2.85. The molecule has 1 aliphatic carbocycles. The van der Waals surface area contributed by atoms with Crippen molar-refractivity contribution >= 4 is 5.97 Å². The molecule has 0 radical (unpaired) electrons. The molecule has 0 amide bonds. The van der Waals surface area contributed by atoms with Gasteiger partial charge in [-0.25, -0.2) is 0 Å². The molecule has 106 valence electrons. The molecule has 3 unspecified atom stereocenters. The largest absolute Gasteiger partial charge is 0.480 e. The number of nitrogens with two attached hydrogens (primary N) is 1. The zero-order valence-electron chi connectivity index (χ0n) is 12.0. The molecule has 3 N–H and O–H groups in total. The molecule has 0 aliphatic heterocycles. The lowest BCUT2D eigenvalue weighted by molar-refractivity contribution is -0.145. The maximum atomic E-state index is 11.3. The van der Waals surface area contributed by atoms with Gasteiger partial charge in [0.2, 0.25) is 0 Å². The highest BCUT2D eigenvalue weighted by atomic mass is 16.4. The Bertz CT molecular complexity index is 283. The second-order valence-corrected chi connectivity index (χ2v) is 5.81. The lowest BCUT2D eigenvalue weighted by Gasteiger charge is -2.41. The molecule has 1 rings (SSSR count). The summed E-state index contributed by atoms with van der Waals surface area (Å²) in [4.78, 5) is 13.7. The predicted octanol–water partition coefficient (Wildman–Crippen LogP) is 2.08. The van der Waals surface area contributed by atoms with Crippen molar-refractivity contribution in [3.05, 3.63) is 0 Å². The standard InChI is InChI=1S/C14H28N2O2/c1-4-11(3)10-16(5-2)12-7-6-8-14(15,9-12)13(17)18/h11-12H,4-10,15H2,1-3H3,(H,17,18). The molecule has 1 saturated carbocycles. The van der Waals surface area contributed by atoms with E-state index in [4.69, 9.17) is 5.73 Å². The van der Waals surface area contributed by atoms with Gasteiger partial charge in [0.1, 0.15) is 5.54 Å². The third-order valence-electron chi connectivity index (χ3n) is 4.35. The van der Waals surface area contributed by atoms with E-state index in [-0.39, 0.29) is 0 Å². The Kier molecular flexibility index (Phi) is 5.60. The smallest absolute Gasteiger partial charge is 0.323 e. The van der Waals surface area contributed by atoms with Crippen LogP contribution in [0.5, 0.6) is 0 Å². The third-order valence-corrected chi connectivity index (χ3v) is 4.35. The van der Waals surface area contributed by atoms with Crippen molar-refractivity contribution in [2.45, 2.75) is 64.5 Å². The van der Waals surface area contributed by atoms with Gasteiger partial charge < -0.3 is 15.7 Å². The fraction of sp³-hybridized carbons (Fsp3) is 0.929. The van der Waals surface area contributed by atoms with Crippen LogP contribution in [0.3, 0.4) is 0 Å². The summed E-state index contributed by atoms with van der Waals surface area (Å²) in [6.07, 6.45) is 4.36. The van der Waals surface area contributed by atoms with Crippen molar-refractivity contribution in [2.24, 2.45) is 11.7 Å². The SMILES string of the molecule is CCC(C)CN(CC)C1CCCC(N)(C(=O)O)C1. The van der Waals surface area contributed by atoms with Gasteiger partial charge in [-0.15, -0.1) is 0 Å². The molecule has 4 heteroatoms. The number of aliphatic carboxylic acids is 1. The Morgan fingerprint density at radius 3 is 2.72 bits per heavy atom. The molecule has 3 atom stereocenters. The van der Waals surface area contributed by atoms with Crippen LogP contribution in [0.4, 0.5) is 0 Å². The molecule has 0 aromatic rings. The topological polar surface area (TPSA) is 66.6 Å². The zero-order chi connectivity index (χ0) is 13.8. The van der Waals surface area contributed by atoms with Crippen LogP contribution in [0, 0.1) is 5.92 Å². The van der Waals surface area contributed by atoms with Crippen molar-refractivity contribution in [1.29, 1.82) is 0 Å². The number of carboxylic acids is 1. The maximum absolute atomic E-state index is 11.3. The number of hydrogen-bond acceptors (Lipinski definition) is 3. The number of hydrogen-bond donors (Lipinski definition) is 2. The Morgan fingerprint density at radius 2 is 2.22 bits per heavy atom. The van der Waals surface area contributed by atoms with Crippen LogP contribution >= 0.6 is 0 Å². The van der Waals surface area contributed by atoms with Gasteiger partial charge in [-0.1, -0.05) is 27.2 Å². The van der Waals surface area contributed by atoms with Crippen LogP contribution in [-0.2, 0) is 4.79 Å². The first kappa shape index (κ1) is 15.4. The van der Waals surface area contributed by atoms with Crippen LogP contribution in [0.25, 0.3) is 0 Å². The zero-order valence-corrected chi connectivity index (χ0v) is 12.0. The van der Waals surface area contributed by atoms with E-state index in [0.29, 0.717) is 24.8 Å². The van der Waals surface area contributed by atoms with Gasteiger partial charge in [0.15, 0.2) is 0 Å².